The van der Waals surface area contributed by atoms with Crippen molar-refractivity contribution in [3.8, 4) is 0 Å². The average Bonchev–Trinajstić information content (AvgIpc) is 2.90. The summed E-state index contributed by atoms with van der Waals surface area (Å²) in [6.07, 6.45) is 13.1. The third-order valence-electron chi connectivity index (χ3n) is 7.43. The molecule has 2 heteroatoms. The van der Waals surface area contributed by atoms with Gasteiger partial charge in [0, 0.05) is 11.8 Å². The summed E-state index contributed by atoms with van der Waals surface area (Å²) in [5.74, 6) is 2.50. The maximum absolute atomic E-state index is 11.8. The van der Waals surface area contributed by atoms with E-state index in [0.717, 1.165) is 38.5 Å². The smallest absolute Gasteiger partial charge is 0.155 e. The molecule has 6 atom stereocenters. The molecule has 2 nitrogen and oxygen atoms in total. The molecule has 0 radical (unpaired) electrons. The van der Waals surface area contributed by atoms with Gasteiger partial charge >= 0.3 is 0 Å². The third kappa shape index (κ3) is 2.07. The van der Waals surface area contributed by atoms with Crippen LogP contribution in [0.25, 0.3) is 0 Å². The predicted molar refractivity (Wildman–Crippen MR) is 91.8 cm³/mol. The van der Waals surface area contributed by atoms with Gasteiger partial charge in [0.1, 0.15) is 0 Å². The van der Waals surface area contributed by atoms with Gasteiger partial charge in [-0.3, -0.25) is 4.79 Å². The lowest BCUT2D eigenvalue weighted by molar-refractivity contribution is -0.115. The fourth-order valence-electron chi connectivity index (χ4n) is 6.29. The van der Waals surface area contributed by atoms with E-state index in [4.69, 9.17) is 0 Å². The molecule has 124 valence electrons. The highest BCUT2D eigenvalue weighted by atomic mass is 16.3. The standard InChI is InChI=1S/C21H28O2/c1-3-13-11-14-12-15(22)5-6-16(14)17-9-10-21(4-2)18(20(13)17)7-8-19(21)23/h3,7,12-13,16-17,19-20,23H,1,4-6,8-11H2,2H3/t13-,16+,17-,19+,20-,21?/m1/s1. The van der Waals surface area contributed by atoms with Crippen molar-refractivity contribution in [2.75, 3.05) is 0 Å². The Kier molecular flexibility index (Phi) is 3.64. The molecule has 0 aromatic carbocycles. The zero-order chi connectivity index (χ0) is 16.2. The second kappa shape index (κ2) is 5.44. The van der Waals surface area contributed by atoms with Crippen LogP contribution in [0, 0.1) is 29.1 Å². The van der Waals surface area contributed by atoms with Gasteiger partial charge in [-0.25, -0.2) is 0 Å². The van der Waals surface area contributed by atoms with Gasteiger partial charge in [-0.05, 0) is 68.3 Å². The van der Waals surface area contributed by atoms with Gasteiger partial charge in [-0.2, -0.15) is 0 Å². The van der Waals surface area contributed by atoms with Crippen LogP contribution in [-0.2, 0) is 4.79 Å². The molecule has 0 spiro atoms. The van der Waals surface area contributed by atoms with Crippen LogP contribution in [-0.4, -0.2) is 17.0 Å². The summed E-state index contributed by atoms with van der Waals surface area (Å²) in [6.45, 7) is 6.35. The summed E-state index contributed by atoms with van der Waals surface area (Å²) < 4.78 is 0. The number of fused-ring (bicyclic) bond motifs is 5. The van der Waals surface area contributed by atoms with Gasteiger partial charge in [0.25, 0.3) is 0 Å². The molecule has 0 amide bonds. The predicted octanol–water partition coefficient (Wildman–Crippen LogP) is 4.21. The molecular formula is C21H28O2. The molecule has 0 aromatic heterocycles. The Morgan fingerprint density at radius 2 is 2.26 bits per heavy atom. The Morgan fingerprint density at radius 3 is 3.00 bits per heavy atom. The molecule has 0 heterocycles. The number of aliphatic hydroxyl groups excluding tert-OH is 1. The number of allylic oxidation sites excluding steroid dienone is 3. The van der Waals surface area contributed by atoms with Gasteiger partial charge in [0.2, 0.25) is 0 Å². The molecule has 1 N–H and O–H groups in total. The zero-order valence-corrected chi connectivity index (χ0v) is 14.1. The van der Waals surface area contributed by atoms with Crippen molar-refractivity contribution in [2.45, 2.75) is 58.0 Å². The van der Waals surface area contributed by atoms with Crippen molar-refractivity contribution in [1.29, 1.82) is 0 Å². The van der Waals surface area contributed by atoms with Crippen molar-refractivity contribution >= 4 is 5.78 Å². The number of rotatable bonds is 2. The Balaban J connectivity index is 1.75. The van der Waals surface area contributed by atoms with E-state index in [1.807, 2.05) is 6.08 Å². The van der Waals surface area contributed by atoms with E-state index < -0.39 is 0 Å². The minimum atomic E-state index is -0.196. The van der Waals surface area contributed by atoms with Crippen LogP contribution in [0.1, 0.15) is 51.9 Å². The molecule has 4 rings (SSSR count). The summed E-state index contributed by atoms with van der Waals surface area (Å²) >= 11 is 0. The number of carbonyl (C=O) groups is 1. The minimum absolute atomic E-state index is 0.0220. The van der Waals surface area contributed by atoms with Gasteiger partial charge in [0.15, 0.2) is 5.78 Å². The van der Waals surface area contributed by atoms with E-state index in [0.29, 0.717) is 29.5 Å². The highest BCUT2D eigenvalue weighted by molar-refractivity contribution is 5.91. The van der Waals surface area contributed by atoms with E-state index in [9.17, 15) is 9.90 Å². The summed E-state index contributed by atoms with van der Waals surface area (Å²) in [7, 11) is 0. The van der Waals surface area contributed by atoms with E-state index in [-0.39, 0.29) is 11.5 Å². The summed E-state index contributed by atoms with van der Waals surface area (Å²) in [4.78, 5) is 11.8. The number of aliphatic hydroxyl groups is 1. The third-order valence-corrected chi connectivity index (χ3v) is 7.43. The first-order valence-corrected chi connectivity index (χ1v) is 9.35. The van der Waals surface area contributed by atoms with Crippen LogP contribution in [0.3, 0.4) is 0 Å². The Hall–Kier alpha value is -1.15. The van der Waals surface area contributed by atoms with Crippen LogP contribution in [0.15, 0.2) is 36.0 Å². The maximum Gasteiger partial charge on any atom is 0.155 e. The molecule has 2 fully saturated rings. The zero-order valence-electron chi connectivity index (χ0n) is 14.1. The van der Waals surface area contributed by atoms with Crippen LogP contribution in [0.5, 0.6) is 0 Å². The lowest BCUT2D eigenvalue weighted by Crippen LogP contribution is -2.48. The van der Waals surface area contributed by atoms with Crippen molar-refractivity contribution in [3.05, 3.63) is 36.0 Å². The molecule has 0 saturated heterocycles. The first-order valence-electron chi connectivity index (χ1n) is 9.35. The minimum Gasteiger partial charge on any atom is -0.392 e. The lowest BCUT2D eigenvalue weighted by atomic mass is 9.50. The first kappa shape index (κ1) is 15.4. The summed E-state index contributed by atoms with van der Waals surface area (Å²) in [5, 5.41) is 10.7. The topological polar surface area (TPSA) is 37.3 Å². The second-order valence-electron chi connectivity index (χ2n) is 8.08. The molecule has 2 saturated carbocycles. The molecular weight excluding hydrogens is 284 g/mol. The number of hydrogen-bond acceptors (Lipinski definition) is 2. The van der Waals surface area contributed by atoms with Gasteiger partial charge in [-0.1, -0.05) is 30.2 Å². The van der Waals surface area contributed by atoms with Crippen LogP contribution < -0.4 is 0 Å². The van der Waals surface area contributed by atoms with Crippen molar-refractivity contribution in [1.82, 2.24) is 0 Å². The molecule has 23 heavy (non-hydrogen) atoms. The van der Waals surface area contributed by atoms with Gasteiger partial charge < -0.3 is 5.11 Å². The molecule has 4 aliphatic rings. The van der Waals surface area contributed by atoms with E-state index >= 15 is 0 Å². The highest BCUT2D eigenvalue weighted by Crippen LogP contribution is 2.62. The van der Waals surface area contributed by atoms with Crippen LogP contribution in [0.2, 0.25) is 0 Å². The van der Waals surface area contributed by atoms with E-state index in [2.05, 4.69) is 25.7 Å². The average molecular weight is 312 g/mol. The number of carbonyl (C=O) groups excluding carboxylic acids is 1. The maximum atomic E-state index is 11.8. The van der Waals surface area contributed by atoms with E-state index in [1.165, 1.54) is 17.6 Å². The largest absolute Gasteiger partial charge is 0.392 e. The normalized spacial score (nSPS) is 45.5. The molecule has 0 bridgehead atoms. The van der Waals surface area contributed by atoms with Crippen LogP contribution in [0.4, 0.5) is 0 Å². The second-order valence-corrected chi connectivity index (χ2v) is 8.08. The molecule has 1 unspecified atom stereocenters. The molecule has 0 aliphatic heterocycles. The van der Waals surface area contributed by atoms with Crippen molar-refractivity contribution in [3.63, 3.8) is 0 Å². The Labute approximate surface area is 139 Å². The first-order chi connectivity index (χ1) is 11.1. The van der Waals surface area contributed by atoms with E-state index in [1.54, 1.807) is 0 Å². The van der Waals surface area contributed by atoms with Gasteiger partial charge in [0.05, 0.1) is 6.10 Å². The van der Waals surface area contributed by atoms with Crippen molar-refractivity contribution in [2.24, 2.45) is 29.1 Å². The highest BCUT2D eigenvalue weighted by Gasteiger charge is 2.55. The summed E-state index contributed by atoms with van der Waals surface area (Å²) in [6, 6.07) is 0. The SMILES string of the molecule is C=C[C@@H]1CC2=CC(=O)CC[C@@H]2[C@H]2CCC3(CC)C(=CC[C@@H]3O)[C@@H]21. The van der Waals surface area contributed by atoms with Crippen LogP contribution >= 0.6 is 0 Å². The quantitative estimate of drug-likeness (QED) is 0.776. The Bertz CT molecular complexity index is 599. The summed E-state index contributed by atoms with van der Waals surface area (Å²) in [5.41, 5.74) is 2.94. The fraction of sp³-hybridized carbons (Fsp3) is 0.667. The van der Waals surface area contributed by atoms with Gasteiger partial charge in [-0.15, -0.1) is 6.58 Å². The fourth-order valence-corrected chi connectivity index (χ4v) is 6.29. The lowest BCUT2D eigenvalue weighted by Gasteiger charge is -2.54. The Morgan fingerprint density at radius 1 is 1.43 bits per heavy atom. The monoisotopic (exact) mass is 312 g/mol. The number of hydrogen-bond donors (Lipinski definition) is 1. The number of ketones is 1. The molecule has 4 aliphatic carbocycles. The van der Waals surface area contributed by atoms with Crippen molar-refractivity contribution < 1.29 is 9.90 Å². The molecule has 0 aromatic rings.